The van der Waals surface area contributed by atoms with E-state index < -0.39 is 35.8 Å². The minimum absolute atomic E-state index is 0.183. The Hall–Kier alpha value is -3.55. The summed E-state index contributed by atoms with van der Waals surface area (Å²) in [5, 5.41) is 3.55. The molecule has 1 aliphatic heterocycles. The average molecular weight is 508 g/mol. The largest absolute Gasteiger partial charge is 0.435 e. The Morgan fingerprint density at radius 2 is 1.76 bits per heavy atom. The van der Waals surface area contributed by atoms with Crippen molar-refractivity contribution < 1.29 is 40.6 Å². The first-order valence-corrected chi connectivity index (χ1v) is 9.75. The number of alkyl halides is 6. The minimum Gasteiger partial charge on any atom is -0.431 e. The van der Waals surface area contributed by atoms with Crippen molar-refractivity contribution in [2.24, 2.45) is 0 Å². The van der Waals surface area contributed by atoms with Crippen LogP contribution >= 0.6 is 11.6 Å². The lowest BCUT2D eigenvalue weighted by Gasteiger charge is -2.35. The molecule has 1 amide bonds. The van der Waals surface area contributed by atoms with E-state index in [1.807, 2.05) is 0 Å². The highest BCUT2D eigenvalue weighted by Crippen LogP contribution is 2.48. The van der Waals surface area contributed by atoms with Gasteiger partial charge in [0.25, 0.3) is 0 Å². The monoisotopic (exact) mass is 507 g/mol. The van der Waals surface area contributed by atoms with Gasteiger partial charge < -0.3 is 9.47 Å². The Bertz CT molecular complexity index is 1200. The summed E-state index contributed by atoms with van der Waals surface area (Å²) in [6, 6.07) is 4.10. The number of amides is 1. The van der Waals surface area contributed by atoms with Crippen LogP contribution in [0.2, 0.25) is 5.02 Å². The van der Waals surface area contributed by atoms with Gasteiger partial charge in [-0.25, -0.2) is 14.8 Å². The Labute approximate surface area is 191 Å². The number of aromatic nitrogens is 4. The summed E-state index contributed by atoms with van der Waals surface area (Å²) in [6.07, 6.45) is -10.1. The molecule has 15 heteroatoms. The third-order valence-electron chi connectivity index (χ3n) is 4.60. The molecule has 0 aliphatic carbocycles. The second-order valence-corrected chi connectivity index (χ2v) is 7.34. The topological polar surface area (TPSA) is 82.4 Å². The SMILES string of the molecule is O=C1OC(C(F)(F)F)c2cccc(Oc3ncc(Cl)cn3)c2N1CCn1ccc(C(F)(F)F)n1. The van der Waals surface area contributed by atoms with Crippen molar-refractivity contribution in [3.63, 3.8) is 0 Å². The van der Waals surface area contributed by atoms with Crippen LogP contribution in [0.5, 0.6) is 11.8 Å². The summed E-state index contributed by atoms with van der Waals surface area (Å²) in [7, 11) is 0. The first kappa shape index (κ1) is 23.6. The van der Waals surface area contributed by atoms with Crippen molar-refractivity contribution in [1.82, 2.24) is 19.7 Å². The molecule has 0 N–H and O–H groups in total. The number of para-hydroxylation sites is 1. The molecule has 0 saturated heterocycles. The van der Waals surface area contributed by atoms with Gasteiger partial charge in [0.1, 0.15) is 0 Å². The van der Waals surface area contributed by atoms with Crippen LogP contribution in [0.1, 0.15) is 17.4 Å². The van der Waals surface area contributed by atoms with E-state index in [0.717, 1.165) is 27.9 Å². The summed E-state index contributed by atoms with van der Waals surface area (Å²) in [6.45, 7) is -0.662. The first-order valence-electron chi connectivity index (χ1n) is 9.37. The van der Waals surface area contributed by atoms with Crippen LogP contribution < -0.4 is 9.64 Å². The molecule has 1 unspecified atom stereocenters. The molecule has 180 valence electrons. The van der Waals surface area contributed by atoms with Crippen molar-refractivity contribution >= 4 is 23.4 Å². The lowest BCUT2D eigenvalue weighted by atomic mass is 10.0. The number of benzene rings is 1. The number of fused-ring (bicyclic) bond motifs is 1. The van der Waals surface area contributed by atoms with Crippen LogP contribution in [0, 0.1) is 0 Å². The fourth-order valence-electron chi connectivity index (χ4n) is 3.18. The summed E-state index contributed by atoms with van der Waals surface area (Å²) in [5.74, 6) is -0.206. The van der Waals surface area contributed by atoms with Crippen molar-refractivity contribution in [3.8, 4) is 11.8 Å². The second-order valence-electron chi connectivity index (χ2n) is 6.90. The third kappa shape index (κ3) is 4.85. The molecule has 3 aromatic rings. The van der Waals surface area contributed by atoms with E-state index >= 15 is 0 Å². The number of anilines is 1. The summed E-state index contributed by atoms with van der Waals surface area (Å²) in [4.78, 5) is 21.0. The van der Waals surface area contributed by atoms with Gasteiger partial charge in [0.2, 0.25) is 6.10 Å². The van der Waals surface area contributed by atoms with Crippen LogP contribution in [0.25, 0.3) is 0 Å². The Morgan fingerprint density at radius 3 is 2.38 bits per heavy atom. The van der Waals surface area contributed by atoms with E-state index in [-0.39, 0.29) is 35.6 Å². The Kier molecular flexibility index (Phi) is 6.02. The lowest BCUT2D eigenvalue weighted by Crippen LogP contribution is -2.43. The molecule has 34 heavy (non-hydrogen) atoms. The predicted octanol–water partition coefficient (Wildman–Crippen LogP) is 5.40. The number of halogens is 7. The van der Waals surface area contributed by atoms with Crippen LogP contribution in [-0.4, -0.2) is 38.6 Å². The van der Waals surface area contributed by atoms with Gasteiger partial charge >= 0.3 is 24.5 Å². The van der Waals surface area contributed by atoms with Gasteiger partial charge in [0.15, 0.2) is 11.4 Å². The zero-order valence-corrected chi connectivity index (χ0v) is 17.4. The number of ether oxygens (including phenoxy) is 2. The molecule has 1 aliphatic rings. The maximum Gasteiger partial charge on any atom is 0.435 e. The molecule has 4 rings (SSSR count). The van der Waals surface area contributed by atoms with E-state index in [4.69, 9.17) is 16.3 Å². The van der Waals surface area contributed by atoms with Crippen LogP contribution in [0.3, 0.4) is 0 Å². The van der Waals surface area contributed by atoms with Gasteiger partial charge in [-0.15, -0.1) is 0 Å². The van der Waals surface area contributed by atoms with E-state index in [1.54, 1.807) is 0 Å². The number of nitrogens with zero attached hydrogens (tertiary/aromatic N) is 5. The van der Waals surface area contributed by atoms with Gasteiger partial charge in [-0.2, -0.15) is 31.4 Å². The molecule has 3 heterocycles. The highest BCUT2D eigenvalue weighted by molar-refractivity contribution is 6.30. The standard InChI is InChI=1S/C19H12ClF6N5O3/c20-10-8-27-16(28-9-10)33-12-3-1-2-11-14(12)31(17(32)34-15(11)19(24,25)26)7-6-30-5-4-13(29-30)18(21,22)23/h1-5,8-9,15H,6-7H2. The molecule has 0 fully saturated rings. The smallest absolute Gasteiger partial charge is 0.431 e. The Morgan fingerprint density at radius 1 is 1.06 bits per heavy atom. The number of carbonyl (C=O) groups excluding carboxylic acids is 1. The van der Waals surface area contributed by atoms with Gasteiger partial charge in [0.05, 0.1) is 29.6 Å². The molecule has 0 spiro atoms. The van der Waals surface area contributed by atoms with Crippen LogP contribution in [-0.2, 0) is 17.5 Å². The van der Waals surface area contributed by atoms with Crippen LogP contribution in [0.4, 0.5) is 36.8 Å². The normalized spacial score (nSPS) is 16.3. The number of rotatable bonds is 5. The van der Waals surface area contributed by atoms with E-state index in [0.29, 0.717) is 0 Å². The summed E-state index contributed by atoms with van der Waals surface area (Å²) < 4.78 is 90.2. The Balaban J connectivity index is 1.69. The average Bonchev–Trinajstić information content (AvgIpc) is 3.23. The number of carbonyl (C=O) groups is 1. The molecule has 0 radical (unpaired) electrons. The maximum absolute atomic E-state index is 13.6. The fourth-order valence-corrected chi connectivity index (χ4v) is 3.28. The number of cyclic esters (lactones) is 1. The molecule has 8 nitrogen and oxygen atoms in total. The van der Waals surface area contributed by atoms with Gasteiger partial charge in [-0.1, -0.05) is 23.7 Å². The molecule has 1 aromatic carbocycles. The minimum atomic E-state index is -4.94. The highest BCUT2D eigenvalue weighted by atomic mass is 35.5. The second kappa shape index (κ2) is 8.66. The lowest BCUT2D eigenvalue weighted by molar-refractivity contribution is -0.207. The van der Waals surface area contributed by atoms with Crippen molar-refractivity contribution in [2.45, 2.75) is 25.0 Å². The van der Waals surface area contributed by atoms with Gasteiger partial charge in [0, 0.05) is 18.3 Å². The quantitative estimate of drug-likeness (QED) is 0.430. The number of hydrogen-bond acceptors (Lipinski definition) is 6. The van der Waals surface area contributed by atoms with Crippen molar-refractivity contribution in [2.75, 3.05) is 11.4 Å². The predicted molar refractivity (Wildman–Crippen MR) is 103 cm³/mol. The molecular weight excluding hydrogens is 496 g/mol. The highest BCUT2D eigenvalue weighted by Gasteiger charge is 2.50. The molecule has 2 aromatic heterocycles. The first-order chi connectivity index (χ1) is 15.9. The molecule has 0 bridgehead atoms. The molecule has 0 saturated carbocycles. The summed E-state index contributed by atoms with van der Waals surface area (Å²) >= 11 is 5.72. The van der Waals surface area contributed by atoms with Gasteiger partial charge in [-0.05, 0) is 12.1 Å². The van der Waals surface area contributed by atoms with E-state index in [2.05, 4.69) is 19.8 Å². The third-order valence-corrected chi connectivity index (χ3v) is 4.80. The molecule has 1 atom stereocenters. The number of hydrogen-bond donors (Lipinski definition) is 0. The molecular formula is C19H12ClF6N5O3. The summed E-state index contributed by atoms with van der Waals surface area (Å²) in [5.41, 5.74) is -1.88. The van der Waals surface area contributed by atoms with Crippen LogP contribution in [0.15, 0.2) is 42.9 Å². The van der Waals surface area contributed by atoms with Gasteiger partial charge in [-0.3, -0.25) is 9.58 Å². The van der Waals surface area contributed by atoms with Crippen molar-refractivity contribution in [3.05, 3.63) is 59.1 Å². The maximum atomic E-state index is 13.6. The van der Waals surface area contributed by atoms with E-state index in [9.17, 15) is 31.1 Å². The fraction of sp³-hybridized carbons (Fsp3) is 0.263. The van der Waals surface area contributed by atoms with E-state index in [1.165, 1.54) is 24.5 Å². The zero-order valence-electron chi connectivity index (χ0n) is 16.6. The van der Waals surface area contributed by atoms with Crippen molar-refractivity contribution in [1.29, 1.82) is 0 Å². The zero-order chi connectivity index (χ0) is 24.7.